The fourth-order valence-electron chi connectivity index (χ4n) is 4.31. The Balaban J connectivity index is 1.71. The number of fused-ring (bicyclic) bond motifs is 1. The van der Waals surface area contributed by atoms with E-state index in [4.69, 9.17) is 21.9 Å². The molecule has 14 heteroatoms. The van der Waals surface area contributed by atoms with Crippen LogP contribution in [-0.2, 0) is 41.7 Å². The van der Waals surface area contributed by atoms with Crippen molar-refractivity contribution >= 4 is 46.5 Å². The number of amides is 6. The smallest absolute Gasteiger partial charge is 0.408 e. The summed E-state index contributed by atoms with van der Waals surface area (Å²) in [5.41, 5.74) is 18.3. The lowest BCUT2D eigenvalue weighted by atomic mass is 10.0. The summed E-state index contributed by atoms with van der Waals surface area (Å²) in [5, 5.41) is 8.22. The van der Waals surface area contributed by atoms with Crippen LogP contribution in [0.1, 0.15) is 36.8 Å². The molecule has 0 spiro atoms. The molecule has 0 bridgehead atoms. The van der Waals surface area contributed by atoms with E-state index < -0.39 is 53.8 Å². The van der Waals surface area contributed by atoms with Crippen molar-refractivity contribution in [1.29, 1.82) is 0 Å². The zero-order valence-electron chi connectivity index (χ0n) is 23.3. The number of nitrogens with two attached hydrogens (primary N) is 3. The molecule has 0 saturated heterocycles. The first kappa shape index (κ1) is 32.1. The molecule has 6 amide bonds. The van der Waals surface area contributed by atoms with Crippen molar-refractivity contribution < 1.29 is 33.5 Å². The predicted molar refractivity (Wildman–Crippen MR) is 155 cm³/mol. The zero-order valence-corrected chi connectivity index (χ0v) is 23.3. The average molecular weight is 594 g/mol. The molecule has 3 aromatic rings. The molecule has 0 radical (unpaired) electrons. The zero-order chi connectivity index (χ0) is 31.4. The van der Waals surface area contributed by atoms with Gasteiger partial charge >= 0.3 is 6.09 Å². The van der Waals surface area contributed by atoms with Crippen LogP contribution in [0.2, 0.25) is 0 Å². The highest BCUT2D eigenvalue weighted by Gasteiger charge is 2.30. The van der Waals surface area contributed by atoms with Gasteiger partial charge in [0.25, 0.3) is 0 Å². The summed E-state index contributed by atoms with van der Waals surface area (Å²) in [4.78, 5) is 77.2. The van der Waals surface area contributed by atoms with Crippen LogP contribution in [0.25, 0.3) is 10.9 Å². The third kappa shape index (κ3) is 10.2. The summed E-state index contributed by atoms with van der Waals surface area (Å²) in [5.74, 6) is -3.93. The van der Waals surface area contributed by atoms with Gasteiger partial charge in [-0.2, -0.15) is 0 Å². The van der Waals surface area contributed by atoms with Crippen LogP contribution in [0.4, 0.5) is 4.79 Å². The van der Waals surface area contributed by atoms with Crippen molar-refractivity contribution in [3.63, 3.8) is 0 Å². The SMILES string of the molecule is NC(=O)CC[C@H](NC(=O)OCc1ccccc1)C(=O)N[C@@H](CCC(N)=O)C(=O)N[C@H](Cc1c[nH]c2ccccc12)C(N)=O. The van der Waals surface area contributed by atoms with Gasteiger partial charge in [-0.15, -0.1) is 0 Å². The number of carbonyl (C=O) groups excluding carboxylic acids is 6. The van der Waals surface area contributed by atoms with E-state index in [-0.39, 0.29) is 38.7 Å². The molecule has 0 fully saturated rings. The molecule has 228 valence electrons. The number of H-pyrrole nitrogens is 1. The van der Waals surface area contributed by atoms with Crippen molar-refractivity contribution in [1.82, 2.24) is 20.9 Å². The van der Waals surface area contributed by atoms with Gasteiger partial charge in [0, 0.05) is 36.4 Å². The molecule has 43 heavy (non-hydrogen) atoms. The molecule has 0 unspecified atom stereocenters. The highest BCUT2D eigenvalue weighted by molar-refractivity contribution is 5.94. The molecule has 10 N–H and O–H groups in total. The van der Waals surface area contributed by atoms with Gasteiger partial charge in [-0.25, -0.2) is 4.79 Å². The number of aromatic nitrogens is 1. The lowest BCUT2D eigenvalue weighted by Crippen LogP contribution is -2.57. The number of alkyl carbamates (subject to hydrolysis) is 1. The van der Waals surface area contributed by atoms with Crippen LogP contribution < -0.4 is 33.2 Å². The van der Waals surface area contributed by atoms with Gasteiger partial charge in [-0.1, -0.05) is 48.5 Å². The first-order valence-corrected chi connectivity index (χ1v) is 13.5. The molecule has 1 heterocycles. The first-order chi connectivity index (χ1) is 20.5. The van der Waals surface area contributed by atoms with Crippen LogP contribution >= 0.6 is 0 Å². The van der Waals surface area contributed by atoms with Crippen LogP contribution in [0.3, 0.4) is 0 Å². The maximum absolute atomic E-state index is 13.3. The number of hydrogen-bond donors (Lipinski definition) is 7. The van der Waals surface area contributed by atoms with Gasteiger partial charge < -0.3 is 42.9 Å². The van der Waals surface area contributed by atoms with E-state index in [2.05, 4.69) is 20.9 Å². The number of rotatable bonds is 16. The molecular formula is C29H35N7O7. The van der Waals surface area contributed by atoms with Gasteiger partial charge in [0.1, 0.15) is 24.7 Å². The molecule has 0 saturated carbocycles. The van der Waals surface area contributed by atoms with E-state index in [1.165, 1.54) is 0 Å². The summed E-state index contributed by atoms with van der Waals surface area (Å²) >= 11 is 0. The Kier molecular flexibility index (Phi) is 11.6. The van der Waals surface area contributed by atoms with Gasteiger partial charge in [0.15, 0.2) is 0 Å². The number of carbonyl (C=O) groups is 6. The van der Waals surface area contributed by atoms with E-state index in [0.29, 0.717) is 5.56 Å². The van der Waals surface area contributed by atoms with Gasteiger partial charge in [0.2, 0.25) is 29.5 Å². The second kappa shape index (κ2) is 15.6. The van der Waals surface area contributed by atoms with Crippen LogP contribution in [0.15, 0.2) is 60.8 Å². The molecule has 0 aliphatic rings. The number of nitrogens with one attached hydrogen (secondary N) is 4. The Morgan fingerprint density at radius 2 is 1.28 bits per heavy atom. The van der Waals surface area contributed by atoms with E-state index in [0.717, 1.165) is 16.5 Å². The summed E-state index contributed by atoms with van der Waals surface area (Å²) in [7, 11) is 0. The summed E-state index contributed by atoms with van der Waals surface area (Å²) < 4.78 is 5.17. The molecule has 0 aliphatic carbocycles. The van der Waals surface area contributed by atoms with Crippen LogP contribution in [-0.4, -0.2) is 58.7 Å². The standard InChI is InChI=1S/C29H35N7O7/c30-24(37)12-10-21(27(40)35-23(26(32)39)14-18-15-33-20-9-5-4-8-19(18)20)34-28(41)22(11-13-25(31)38)36-29(42)43-16-17-6-2-1-3-7-17/h1-9,15,21-23,33H,10-14,16H2,(H2,30,37)(H2,31,38)(H2,32,39)(H,34,41)(H,35,40)(H,36,42)/t21-,22-,23+/m0/s1. The minimum atomic E-state index is -1.34. The maximum atomic E-state index is 13.3. The fraction of sp³-hybridized carbons (Fsp3) is 0.310. The quantitative estimate of drug-likeness (QED) is 0.120. The fourth-order valence-corrected chi connectivity index (χ4v) is 4.31. The Labute approximate surface area is 247 Å². The molecule has 2 aromatic carbocycles. The summed E-state index contributed by atoms with van der Waals surface area (Å²) in [6.45, 7) is -0.0780. The normalized spacial score (nSPS) is 12.8. The second-order valence-electron chi connectivity index (χ2n) is 9.86. The lowest BCUT2D eigenvalue weighted by Gasteiger charge is -2.24. The molecular weight excluding hydrogens is 558 g/mol. The highest BCUT2D eigenvalue weighted by atomic mass is 16.5. The van der Waals surface area contributed by atoms with Crippen LogP contribution in [0.5, 0.6) is 0 Å². The maximum Gasteiger partial charge on any atom is 0.408 e. The minimum absolute atomic E-state index is 0.0532. The number of ether oxygens (including phenoxy) is 1. The van der Waals surface area contributed by atoms with Crippen molar-refractivity contribution in [3.05, 3.63) is 71.9 Å². The topological polar surface area (TPSA) is 242 Å². The lowest BCUT2D eigenvalue weighted by molar-refractivity contribution is -0.132. The van der Waals surface area contributed by atoms with Crippen molar-refractivity contribution in [2.45, 2.75) is 56.8 Å². The summed E-state index contributed by atoms with van der Waals surface area (Å²) in [6, 6.07) is 12.4. The number of benzene rings is 2. The van der Waals surface area contributed by atoms with E-state index in [1.807, 2.05) is 24.3 Å². The van der Waals surface area contributed by atoms with Gasteiger partial charge in [0.05, 0.1) is 0 Å². The van der Waals surface area contributed by atoms with Crippen molar-refractivity contribution in [2.24, 2.45) is 17.2 Å². The number of para-hydroxylation sites is 1. The van der Waals surface area contributed by atoms with Crippen LogP contribution in [0, 0.1) is 0 Å². The largest absolute Gasteiger partial charge is 0.445 e. The Bertz CT molecular complexity index is 1460. The number of primary amides is 3. The molecule has 0 aliphatic heterocycles. The Morgan fingerprint density at radius 1 is 0.721 bits per heavy atom. The molecule has 3 rings (SSSR count). The monoisotopic (exact) mass is 593 g/mol. The minimum Gasteiger partial charge on any atom is -0.445 e. The van der Waals surface area contributed by atoms with Crippen molar-refractivity contribution in [3.8, 4) is 0 Å². The number of hydrogen-bond acceptors (Lipinski definition) is 7. The first-order valence-electron chi connectivity index (χ1n) is 13.5. The average Bonchev–Trinajstić information content (AvgIpc) is 3.38. The Hall–Kier alpha value is -5.40. The van der Waals surface area contributed by atoms with E-state index in [1.54, 1.807) is 36.5 Å². The summed E-state index contributed by atoms with van der Waals surface area (Å²) in [6.07, 6.45) is -0.144. The van der Waals surface area contributed by atoms with Crippen molar-refractivity contribution in [2.75, 3.05) is 0 Å². The molecule has 1 aromatic heterocycles. The van der Waals surface area contributed by atoms with Gasteiger partial charge in [-0.3, -0.25) is 24.0 Å². The van der Waals surface area contributed by atoms with E-state index in [9.17, 15) is 28.8 Å². The highest BCUT2D eigenvalue weighted by Crippen LogP contribution is 2.19. The second-order valence-corrected chi connectivity index (χ2v) is 9.86. The third-order valence-electron chi connectivity index (χ3n) is 6.57. The Morgan fingerprint density at radius 3 is 1.88 bits per heavy atom. The third-order valence-corrected chi connectivity index (χ3v) is 6.57. The predicted octanol–water partition coefficient (Wildman–Crippen LogP) is -0.00870. The van der Waals surface area contributed by atoms with Gasteiger partial charge in [-0.05, 0) is 30.0 Å². The molecule has 3 atom stereocenters. The number of aromatic amines is 1. The molecule has 14 nitrogen and oxygen atoms in total. The van der Waals surface area contributed by atoms with E-state index >= 15 is 0 Å².